The van der Waals surface area contributed by atoms with Crippen LogP contribution in [0.1, 0.15) is 104 Å². The lowest BCUT2D eigenvalue weighted by Crippen LogP contribution is -2.57. The maximum Gasteiger partial charge on any atom is 0.139 e. The lowest BCUT2D eigenvalue weighted by molar-refractivity contribution is -0.117. The van der Waals surface area contributed by atoms with Gasteiger partial charge in [0.1, 0.15) is 17.2 Å². The quantitative estimate of drug-likeness (QED) is 0.324. The molecule has 1 N–H and O–H groups in total. The molecule has 0 aromatic carbocycles. The molecule has 0 atom stereocenters. The van der Waals surface area contributed by atoms with Crippen molar-refractivity contribution in [2.75, 3.05) is 24.5 Å². The molecule has 224 valence electrons. The van der Waals surface area contributed by atoms with Crippen molar-refractivity contribution in [3.05, 3.63) is 59.1 Å². The van der Waals surface area contributed by atoms with Gasteiger partial charge in [-0.25, -0.2) is 9.37 Å². The van der Waals surface area contributed by atoms with Crippen molar-refractivity contribution in [2.45, 2.75) is 113 Å². The molecule has 6 nitrogen and oxygen atoms in total. The molecule has 3 aromatic rings. The monoisotopic (exact) mass is 555 g/mol. The molecule has 0 unspecified atom stereocenters. The van der Waals surface area contributed by atoms with Crippen molar-refractivity contribution in [2.24, 2.45) is 0 Å². The number of hydrogen-bond donors (Lipinski definition) is 1. The molecule has 1 fully saturated rings. The molecule has 0 aliphatic carbocycles. The number of carbonyl (C=O) groups excluding carboxylic acids is 1. The average molecular weight is 556 g/mol. The van der Waals surface area contributed by atoms with Crippen LogP contribution >= 0.6 is 0 Å². The summed E-state index contributed by atoms with van der Waals surface area (Å²) in [5.74, 6) is 0.141. The van der Waals surface area contributed by atoms with Crippen molar-refractivity contribution in [3.8, 4) is 0 Å². The summed E-state index contributed by atoms with van der Waals surface area (Å²) in [5, 5.41) is 3.57. The van der Waals surface area contributed by atoms with E-state index in [1.807, 2.05) is 57.6 Å². The summed E-state index contributed by atoms with van der Waals surface area (Å²) < 4.78 is 15.3. The Morgan fingerprint density at radius 2 is 1.75 bits per heavy atom. The number of rotatable bonds is 7. The molecule has 3 aromatic heterocycles. The van der Waals surface area contributed by atoms with E-state index in [2.05, 4.69) is 53.9 Å². The van der Waals surface area contributed by atoms with Crippen molar-refractivity contribution in [1.82, 2.24) is 19.7 Å². The fraction of sp³-hybridized carbons (Fsp3) is 0.606. The van der Waals surface area contributed by atoms with Crippen molar-refractivity contribution < 1.29 is 9.18 Å². The van der Waals surface area contributed by atoms with E-state index in [0.29, 0.717) is 5.65 Å². The molecule has 1 aliphatic rings. The Morgan fingerprint density at radius 1 is 1.07 bits per heavy atom. The smallest absolute Gasteiger partial charge is 0.139 e. The highest BCUT2D eigenvalue weighted by Gasteiger charge is 2.27. The minimum Gasteiger partial charge on any atom is -0.368 e. The number of imidazole rings is 1. The lowest BCUT2D eigenvalue weighted by Gasteiger charge is -2.41. The van der Waals surface area contributed by atoms with Crippen molar-refractivity contribution in [1.29, 1.82) is 0 Å². The van der Waals surface area contributed by atoms with E-state index in [4.69, 9.17) is 0 Å². The van der Waals surface area contributed by atoms with Crippen molar-refractivity contribution >= 4 is 17.1 Å². The number of aryl methyl sites for hydroxylation is 3. The molecule has 4 rings (SSSR count). The zero-order chi connectivity index (χ0) is 30.3. The van der Waals surface area contributed by atoms with Gasteiger partial charge in [-0.1, -0.05) is 47.5 Å². The highest BCUT2D eigenvalue weighted by atomic mass is 19.1. The van der Waals surface area contributed by atoms with E-state index in [0.717, 1.165) is 63.0 Å². The summed E-state index contributed by atoms with van der Waals surface area (Å²) in [7, 11) is 0. The minimum absolute atomic E-state index is 0.148. The van der Waals surface area contributed by atoms with Crippen LogP contribution in [0, 0.1) is 19.7 Å². The summed E-state index contributed by atoms with van der Waals surface area (Å²) in [6, 6.07) is 3.68. The van der Waals surface area contributed by atoms with Gasteiger partial charge < -0.3 is 19.4 Å². The van der Waals surface area contributed by atoms with Gasteiger partial charge >= 0.3 is 0 Å². The Kier molecular flexibility index (Phi) is 15.7. The molecule has 0 amide bonds. The van der Waals surface area contributed by atoms with Gasteiger partial charge in [-0.15, -0.1) is 0 Å². The normalized spacial score (nSPS) is 13.8. The van der Waals surface area contributed by atoms with Crippen LogP contribution in [-0.4, -0.2) is 45.3 Å². The van der Waals surface area contributed by atoms with Crippen LogP contribution < -0.4 is 10.2 Å². The number of hydrogen-bond acceptors (Lipinski definition) is 5. The standard InChI is InChI=1S/C15H25N3.C11H13FN2.C5H10O.C2H6/c1-5-6-13-12(2)16-8-7-14(13)18-10-9-17-15(3,4)11-18;1-3-4-9-7-14-6-8(2)13-11(14)5-10(9)12;1-3-4-5(2)6;1-2/h7-8,17H,5-6,9-11H2,1-4H3;5-7H,3-4H2,1-2H3;3-4H2,1-2H3;1-2H3. The molecule has 0 spiro atoms. The number of fused-ring (bicyclic) bond motifs is 1. The Bertz CT molecular complexity index is 1170. The zero-order valence-electron chi connectivity index (χ0n) is 26.8. The number of carbonyl (C=O) groups is 1. The highest BCUT2D eigenvalue weighted by Crippen LogP contribution is 2.26. The van der Waals surface area contributed by atoms with Crippen LogP contribution in [0.2, 0.25) is 0 Å². The van der Waals surface area contributed by atoms with Gasteiger partial charge in [0.2, 0.25) is 0 Å². The number of aromatic nitrogens is 3. The number of halogens is 1. The molecule has 7 heteroatoms. The molecular weight excluding hydrogens is 501 g/mol. The van der Waals surface area contributed by atoms with E-state index in [9.17, 15) is 9.18 Å². The van der Waals surface area contributed by atoms with E-state index >= 15 is 0 Å². The maximum atomic E-state index is 13.5. The maximum absolute atomic E-state index is 13.5. The Hall–Kier alpha value is -2.80. The van der Waals surface area contributed by atoms with Crippen LogP contribution in [0.25, 0.3) is 5.65 Å². The number of piperazine rings is 1. The van der Waals surface area contributed by atoms with Gasteiger partial charge in [0.05, 0.1) is 5.69 Å². The fourth-order valence-corrected chi connectivity index (χ4v) is 4.77. The predicted octanol–water partition coefficient (Wildman–Crippen LogP) is 7.67. The summed E-state index contributed by atoms with van der Waals surface area (Å²) in [4.78, 5) is 21.2. The summed E-state index contributed by atoms with van der Waals surface area (Å²) in [6.45, 7) is 23.7. The van der Waals surface area contributed by atoms with Crippen LogP contribution in [0.3, 0.4) is 0 Å². The fourth-order valence-electron chi connectivity index (χ4n) is 4.77. The van der Waals surface area contributed by atoms with Crippen LogP contribution in [-0.2, 0) is 17.6 Å². The van der Waals surface area contributed by atoms with Gasteiger partial charge in [-0.3, -0.25) is 4.98 Å². The van der Waals surface area contributed by atoms with E-state index < -0.39 is 0 Å². The lowest BCUT2D eigenvalue weighted by atomic mass is 9.99. The summed E-state index contributed by atoms with van der Waals surface area (Å²) >= 11 is 0. The highest BCUT2D eigenvalue weighted by molar-refractivity contribution is 5.75. The van der Waals surface area contributed by atoms with Crippen LogP contribution in [0.4, 0.5) is 10.1 Å². The van der Waals surface area contributed by atoms with Gasteiger partial charge in [-0.05, 0) is 65.5 Å². The summed E-state index contributed by atoms with van der Waals surface area (Å²) in [6.07, 6.45) is 11.4. The second kappa shape index (κ2) is 17.8. The first-order valence-corrected chi connectivity index (χ1v) is 15.1. The van der Waals surface area contributed by atoms with Crippen LogP contribution in [0.15, 0.2) is 30.7 Å². The number of nitrogens with zero attached hydrogens (tertiary/aromatic N) is 4. The Morgan fingerprint density at radius 3 is 2.30 bits per heavy atom. The Labute approximate surface area is 242 Å². The van der Waals surface area contributed by atoms with E-state index in [1.54, 1.807) is 6.92 Å². The molecule has 4 heterocycles. The molecule has 0 bridgehead atoms. The predicted molar refractivity (Wildman–Crippen MR) is 168 cm³/mol. The third-order valence-electron chi connectivity index (χ3n) is 6.52. The first-order chi connectivity index (χ1) is 19.0. The summed E-state index contributed by atoms with van der Waals surface area (Å²) in [5.41, 5.74) is 6.55. The van der Waals surface area contributed by atoms with Gasteiger partial charge in [0, 0.05) is 73.2 Å². The second-order valence-electron chi connectivity index (χ2n) is 10.9. The largest absolute Gasteiger partial charge is 0.368 e. The molecule has 0 saturated carbocycles. The first-order valence-electron chi connectivity index (χ1n) is 15.1. The van der Waals surface area contributed by atoms with Gasteiger partial charge in [0.15, 0.2) is 0 Å². The number of ketones is 1. The number of nitrogens with one attached hydrogen (secondary N) is 1. The molecule has 0 radical (unpaired) electrons. The number of anilines is 1. The van der Waals surface area contributed by atoms with Gasteiger partial charge in [0.25, 0.3) is 0 Å². The van der Waals surface area contributed by atoms with Crippen LogP contribution in [0.5, 0.6) is 0 Å². The van der Waals surface area contributed by atoms with E-state index in [-0.39, 0.29) is 17.1 Å². The molecule has 1 aliphatic heterocycles. The number of pyridine rings is 2. The molecule has 40 heavy (non-hydrogen) atoms. The first kappa shape index (κ1) is 35.2. The van der Waals surface area contributed by atoms with E-state index in [1.165, 1.54) is 29.4 Å². The number of Topliss-reactive ketones (excluding diaryl/α,β-unsaturated/α-hetero) is 1. The van der Waals surface area contributed by atoms with Gasteiger partial charge in [-0.2, -0.15) is 0 Å². The molecular formula is C33H54FN5O. The SMILES string of the molecule is CC.CCCC(C)=O.CCCc1c(N2CCNC(C)(C)C2)ccnc1C.CCCc1cn2cc(C)nc2cc1F. The Balaban J connectivity index is 0.000000323. The third kappa shape index (κ3) is 11.4. The average Bonchev–Trinajstić information content (AvgIpc) is 3.25. The van der Waals surface area contributed by atoms with Crippen molar-refractivity contribution in [3.63, 3.8) is 0 Å². The second-order valence-corrected chi connectivity index (χ2v) is 10.9. The minimum atomic E-state index is -0.148. The molecule has 1 saturated heterocycles. The third-order valence-corrected chi connectivity index (χ3v) is 6.52. The zero-order valence-corrected chi connectivity index (χ0v) is 26.8. The topological polar surface area (TPSA) is 62.5 Å².